The van der Waals surface area contributed by atoms with Crippen molar-refractivity contribution in [3.05, 3.63) is 0 Å². The Morgan fingerprint density at radius 1 is 0.289 bits per heavy atom. The highest BCUT2D eigenvalue weighted by atomic mass is 31.2. The Balaban J connectivity index is 5.19. The number of esters is 4. The largest absolute Gasteiger partial charge is 0.472 e. The average molecular weight is 1420 g/mol. The SMILES string of the molecule is CCCCCCCCCCCCCCCCCCCCC(=O)OC[C@H](COP(=O)(O)OC[C@@H](O)COP(=O)(O)OC[C@@H](COC(=O)CCCCCCCCC)OC(=O)CCCCCCCCCCCCCCCC)OC(=O)CCCCCCCCCCCCCCCCC(C)CC. The van der Waals surface area contributed by atoms with Gasteiger partial charge in [-0.1, -0.05) is 362 Å². The first-order valence-corrected chi connectivity index (χ1v) is 43.7. The molecular weight excluding hydrogens is 1270 g/mol. The Morgan fingerprint density at radius 3 is 0.732 bits per heavy atom. The van der Waals surface area contributed by atoms with E-state index in [1.54, 1.807) is 0 Å². The molecule has 0 aromatic carbocycles. The Hall–Kier alpha value is -1.94. The predicted molar refractivity (Wildman–Crippen MR) is 395 cm³/mol. The second kappa shape index (κ2) is 71.1. The van der Waals surface area contributed by atoms with Gasteiger partial charge in [-0.15, -0.1) is 0 Å². The van der Waals surface area contributed by atoms with Crippen LogP contribution in [0.15, 0.2) is 0 Å². The lowest BCUT2D eigenvalue weighted by Crippen LogP contribution is -2.30. The summed E-state index contributed by atoms with van der Waals surface area (Å²) < 4.78 is 68.5. The summed E-state index contributed by atoms with van der Waals surface area (Å²) in [6.07, 6.45) is 61.1. The van der Waals surface area contributed by atoms with E-state index >= 15 is 0 Å². The summed E-state index contributed by atoms with van der Waals surface area (Å²) in [4.78, 5) is 72.8. The Labute approximate surface area is 594 Å². The smallest absolute Gasteiger partial charge is 0.462 e. The molecule has 3 unspecified atom stereocenters. The van der Waals surface area contributed by atoms with Crippen molar-refractivity contribution < 1.29 is 80.2 Å². The first-order chi connectivity index (χ1) is 47.1. The number of unbranched alkanes of at least 4 members (excludes halogenated alkanes) is 49. The van der Waals surface area contributed by atoms with Gasteiger partial charge in [-0.2, -0.15) is 0 Å². The molecule has 0 fully saturated rings. The maximum atomic E-state index is 13.1. The summed E-state index contributed by atoms with van der Waals surface area (Å²) >= 11 is 0. The molecule has 576 valence electrons. The van der Waals surface area contributed by atoms with E-state index in [2.05, 4.69) is 34.6 Å². The molecule has 0 saturated heterocycles. The van der Waals surface area contributed by atoms with Crippen molar-refractivity contribution in [3.8, 4) is 0 Å². The zero-order chi connectivity index (χ0) is 71.2. The van der Waals surface area contributed by atoms with Crippen molar-refractivity contribution in [2.45, 2.75) is 432 Å². The van der Waals surface area contributed by atoms with Gasteiger partial charge >= 0.3 is 39.5 Å². The van der Waals surface area contributed by atoms with Crippen LogP contribution in [-0.2, 0) is 65.4 Å². The van der Waals surface area contributed by atoms with E-state index in [-0.39, 0.29) is 25.7 Å². The normalized spacial score (nSPS) is 14.2. The zero-order valence-corrected chi connectivity index (χ0v) is 65.0. The third kappa shape index (κ3) is 70.9. The molecule has 0 heterocycles. The molecule has 17 nitrogen and oxygen atoms in total. The van der Waals surface area contributed by atoms with E-state index in [4.69, 9.17) is 37.0 Å². The minimum absolute atomic E-state index is 0.108. The second-order valence-electron chi connectivity index (χ2n) is 28.3. The molecule has 0 amide bonds. The second-order valence-corrected chi connectivity index (χ2v) is 31.3. The number of aliphatic hydroxyl groups excluding tert-OH is 1. The Morgan fingerprint density at radius 2 is 0.495 bits per heavy atom. The highest BCUT2D eigenvalue weighted by Crippen LogP contribution is 2.45. The lowest BCUT2D eigenvalue weighted by molar-refractivity contribution is -0.161. The molecule has 3 N–H and O–H groups in total. The molecule has 0 radical (unpaired) electrons. The van der Waals surface area contributed by atoms with Crippen molar-refractivity contribution in [1.82, 2.24) is 0 Å². The summed E-state index contributed by atoms with van der Waals surface area (Å²) in [5, 5.41) is 10.6. The maximum absolute atomic E-state index is 13.1. The van der Waals surface area contributed by atoms with E-state index in [9.17, 15) is 43.2 Å². The first-order valence-electron chi connectivity index (χ1n) is 40.7. The van der Waals surface area contributed by atoms with Crippen LogP contribution in [-0.4, -0.2) is 96.7 Å². The van der Waals surface area contributed by atoms with E-state index in [1.165, 1.54) is 225 Å². The fourth-order valence-electron chi connectivity index (χ4n) is 12.0. The van der Waals surface area contributed by atoms with Gasteiger partial charge < -0.3 is 33.8 Å². The summed E-state index contributed by atoms with van der Waals surface area (Å²) in [5.74, 6) is -1.27. The van der Waals surface area contributed by atoms with Crippen molar-refractivity contribution in [2.75, 3.05) is 39.6 Å². The number of ether oxygens (including phenoxy) is 4. The monoisotopic (exact) mass is 1420 g/mol. The summed E-state index contributed by atoms with van der Waals surface area (Å²) in [5.41, 5.74) is 0. The quantitative estimate of drug-likeness (QED) is 0.0222. The highest BCUT2D eigenvalue weighted by Gasteiger charge is 2.30. The number of rotatable bonds is 78. The predicted octanol–water partition coefficient (Wildman–Crippen LogP) is 23.3. The number of aliphatic hydroxyl groups is 1. The standard InChI is InChI=1S/C78H152O17P2/c1-6-10-13-16-19-21-23-25-27-28-29-30-35-38-42-47-52-57-62-76(81)89-68-74(95-78(83)64-59-54-49-44-40-36-32-31-33-37-41-46-50-55-60-71(5)9-4)70-93-97(86,87)91-66-72(79)65-90-96(84,85)92-69-73(67-88-75(80)61-56-51-45-18-15-12-8-3)94-77(82)63-58-53-48-43-39-34-26-24-22-20-17-14-11-7-2/h71-74,79H,6-70H2,1-5H3,(H,84,85)(H,86,87)/t71?,72-,73+,74+/m0/s1. The van der Waals surface area contributed by atoms with Crippen LogP contribution in [0.5, 0.6) is 0 Å². The summed E-state index contributed by atoms with van der Waals surface area (Å²) in [6, 6.07) is 0. The van der Waals surface area contributed by atoms with Crippen molar-refractivity contribution in [1.29, 1.82) is 0 Å². The van der Waals surface area contributed by atoms with Crippen molar-refractivity contribution >= 4 is 39.5 Å². The number of hydrogen-bond acceptors (Lipinski definition) is 15. The van der Waals surface area contributed by atoms with Crippen molar-refractivity contribution in [2.24, 2.45) is 5.92 Å². The van der Waals surface area contributed by atoms with E-state index in [0.717, 1.165) is 109 Å². The number of phosphoric ester groups is 2. The van der Waals surface area contributed by atoms with Gasteiger partial charge in [-0.05, 0) is 31.6 Å². The Kier molecular flexibility index (Phi) is 69.6. The molecule has 19 heteroatoms. The lowest BCUT2D eigenvalue weighted by atomic mass is 9.99. The van der Waals surface area contributed by atoms with Crippen LogP contribution in [0.2, 0.25) is 0 Å². The van der Waals surface area contributed by atoms with Crippen molar-refractivity contribution in [3.63, 3.8) is 0 Å². The fourth-order valence-corrected chi connectivity index (χ4v) is 13.6. The molecule has 0 aliphatic heterocycles. The number of phosphoric acid groups is 2. The van der Waals surface area contributed by atoms with Gasteiger partial charge in [0.05, 0.1) is 26.4 Å². The van der Waals surface area contributed by atoms with Gasteiger partial charge in [0.1, 0.15) is 19.3 Å². The number of carbonyl (C=O) groups excluding carboxylic acids is 4. The zero-order valence-electron chi connectivity index (χ0n) is 63.2. The minimum Gasteiger partial charge on any atom is -0.462 e. The summed E-state index contributed by atoms with van der Waals surface area (Å²) in [7, 11) is -9.91. The minimum atomic E-state index is -4.96. The highest BCUT2D eigenvalue weighted by molar-refractivity contribution is 7.47. The number of carbonyl (C=O) groups is 4. The topological polar surface area (TPSA) is 237 Å². The van der Waals surface area contributed by atoms with Crippen LogP contribution in [0.4, 0.5) is 0 Å². The average Bonchev–Trinajstić information content (AvgIpc) is 2.02. The fraction of sp³-hybridized carbons (Fsp3) is 0.949. The molecule has 0 spiro atoms. The molecule has 0 bridgehead atoms. The van der Waals surface area contributed by atoms with E-state index < -0.39 is 97.5 Å². The molecule has 0 aromatic heterocycles. The van der Waals surface area contributed by atoms with E-state index in [1.807, 2.05) is 0 Å². The molecule has 0 rings (SSSR count). The van der Waals surface area contributed by atoms with Gasteiger partial charge in [0, 0.05) is 25.7 Å². The molecule has 0 saturated carbocycles. The molecule has 6 atom stereocenters. The van der Waals surface area contributed by atoms with Crippen LogP contribution in [0.25, 0.3) is 0 Å². The van der Waals surface area contributed by atoms with Gasteiger partial charge in [0.15, 0.2) is 12.2 Å². The number of hydrogen-bond donors (Lipinski definition) is 3. The molecular formula is C78H152O17P2. The van der Waals surface area contributed by atoms with E-state index in [0.29, 0.717) is 25.7 Å². The molecule has 0 aliphatic carbocycles. The van der Waals surface area contributed by atoms with Crippen LogP contribution in [0.1, 0.15) is 413 Å². The van der Waals surface area contributed by atoms with Gasteiger partial charge in [-0.25, -0.2) is 9.13 Å². The van der Waals surface area contributed by atoms with Gasteiger partial charge in [0.25, 0.3) is 0 Å². The first kappa shape index (κ1) is 95.1. The summed E-state index contributed by atoms with van der Waals surface area (Å²) in [6.45, 7) is 7.33. The lowest BCUT2D eigenvalue weighted by Gasteiger charge is -2.21. The van der Waals surface area contributed by atoms with Gasteiger partial charge in [-0.3, -0.25) is 37.3 Å². The van der Waals surface area contributed by atoms with Gasteiger partial charge in [0.2, 0.25) is 0 Å². The maximum Gasteiger partial charge on any atom is 0.472 e. The molecule has 97 heavy (non-hydrogen) atoms. The molecule has 0 aromatic rings. The Bertz CT molecular complexity index is 1860. The third-order valence-corrected chi connectivity index (χ3v) is 20.5. The third-order valence-electron chi connectivity index (χ3n) is 18.6. The van der Waals surface area contributed by atoms with Crippen LogP contribution < -0.4 is 0 Å². The van der Waals surface area contributed by atoms with Crippen LogP contribution in [0.3, 0.4) is 0 Å². The van der Waals surface area contributed by atoms with Crippen LogP contribution in [0, 0.1) is 5.92 Å². The molecule has 0 aliphatic rings. The van der Waals surface area contributed by atoms with Crippen LogP contribution >= 0.6 is 15.6 Å².